The van der Waals surface area contributed by atoms with Crippen LogP contribution >= 0.6 is 0 Å². The lowest BCUT2D eigenvalue weighted by molar-refractivity contribution is 0.147. The fourth-order valence-corrected chi connectivity index (χ4v) is 2.74. The molecule has 0 spiro atoms. The molecule has 1 heterocycles. The van der Waals surface area contributed by atoms with E-state index in [0.717, 1.165) is 31.6 Å². The molecule has 2 rings (SSSR count). The summed E-state index contributed by atoms with van der Waals surface area (Å²) in [5.74, 6) is 1.17. The van der Waals surface area contributed by atoms with Gasteiger partial charge in [-0.2, -0.15) is 0 Å². The van der Waals surface area contributed by atoms with Crippen LogP contribution in [-0.2, 0) is 21.0 Å². The number of hydrogen-bond donors (Lipinski definition) is 1. The second kappa shape index (κ2) is 6.54. The number of ether oxygens (including phenoxy) is 1. The molecule has 6 heteroatoms. The molecule has 0 aromatic carbocycles. The first-order chi connectivity index (χ1) is 9.06. The molecular weight excluding hydrogens is 266 g/mol. The van der Waals surface area contributed by atoms with Crippen molar-refractivity contribution in [3.05, 3.63) is 23.7 Å². The Kier molecular flexibility index (Phi) is 5.01. The average molecular weight is 287 g/mol. The highest BCUT2D eigenvalue weighted by Gasteiger charge is 2.21. The highest BCUT2D eigenvalue weighted by atomic mass is 32.2. The quantitative estimate of drug-likeness (QED) is 0.766. The zero-order valence-electron chi connectivity index (χ0n) is 11.2. The van der Waals surface area contributed by atoms with Crippen molar-refractivity contribution >= 4 is 9.84 Å². The normalized spacial score (nSPS) is 19.3. The van der Waals surface area contributed by atoms with Gasteiger partial charge in [0.2, 0.25) is 0 Å². The van der Waals surface area contributed by atoms with Gasteiger partial charge in [0.15, 0.2) is 0 Å². The first-order valence-corrected chi connectivity index (χ1v) is 8.67. The van der Waals surface area contributed by atoms with Gasteiger partial charge < -0.3 is 14.5 Å². The van der Waals surface area contributed by atoms with Gasteiger partial charge in [0.1, 0.15) is 15.6 Å². The molecule has 0 saturated carbocycles. The molecule has 1 unspecified atom stereocenters. The third kappa shape index (κ3) is 4.63. The van der Waals surface area contributed by atoms with E-state index < -0.39 is 9.84 Å². The summed E-state index contributed by atoms with van der Waals surface area (Å²) in [5, 5.41) is 3.43. The van der Waals surface area contributed by atoms with Gasteiger partial charge in [-0.25, -0.2) is 8.42 Å². The summed E-state index contributed by atoms with van der Waals surface area (Å²) in [6, 6.07) is 2.36. The predicted molar refractivity (Wildman–Crippen MR) is 72.9 cm³/mol. The largest absolute Gasteiger partial charge is 0.469 e. The van der Waals surface area contributed by atoms with Crippen molar-refractivity contribution in [1.82, 2.24) is 5.32 Å². The van der Waals surface area contributed by atoms with Crippen molar-refractivity contribution in [3.8, 4) is 0 Å². The molecule has 1 atom stereocenters. The summed E-state index contributed by atoms with van der Waals surface area (Å²) in [6.45, 7) is 1.51. The molecule has 108 valence electrons. The minimum absolute atomic E-state index is 0.0856. The zero-order chi connectivity index (χ0) is 13.7. The number of rotatable bonds is 7. The molecule has 0 amide bonds. The van der Waals surface area contributed by atoms with E-state index in [4.69, 9.17) is 9.15 Å². The second-order valence-electron chi connectivity index (χ2n) is 4.94. The summed E-state index contributed by atoms with van der Waals surface area (Å²) >= 11 is 0. The van der Waals surface area contributed by atoms with Gasteiger partial charge in [-0.05, 0) is 18.9 Å². The average Bonchev–Trinajstić information content (AvgIpc) is 2.81. The Hall–Kier alpha value is -0.850. The molecule has 1 aromatic rings. The summed E-state index contributed by atoms with van der Waals surface area (Å²) < 4.78 is 32.6. The van der Waals surface area contributed by atoms with E-state index in [-0.39, 0.29) is 12.4 Å². The predicted octanol–water partition coefficient (Wildman–Crippen LogP) is 1.31. The highest BCUT2D eigenvalue weighted by molar-refractivity contribution is 7.90. The van der Waals surface area contributed by atoms with Crippen LogP contribution in [0.4, 0.5) is 0 Å². The molecule has 1 aromatic heterocycles. The highest BCUT2D eigenvalue weighted by Crippen LogP contribution is 2.30. The lowest BCUT2D eigenvalue weighted by atomic mass is 9.93. The molecule has 0 radical (unpaired) electrons. The first kappa shape index (κ1) is 14.6. The van der Waals surface area contributed by atoms with Crippen molar-refractivity contribution < 1.29 is 17.6 Å². The Balaban J connectivity index is 1.65. The number of sulfone groups is 1. The van der Waals surface area contributed by atoms with Gasteiger partial charge in [0.25, 0.3) is 0 Å². The molecule has 0 bridgehead atoms. The molecule has 1 N–H and O–H groups in total. The summed E-state index contributed by atoms with van der Waals surface area (Å²) in [4.78, 5) is 0. The Bertz CT molecular complexity index is 494. The molecule has 0 saturated heterocycles. The van der Waals surface area contributed by atoms with Crippen LogP contribution in [0.25, 0.3) is 0 Å². The van der Waals surface area contributed by atoms with E-state index in [1.165, 1.54) is 11.8 Å². The van der Waals surface area contributed by atoms with Crippen LogP contribution in [-0.4, -0.2) is 40.2 Å². The third-order valence-corrected chi connectivity index (χ3v) is 4.20. The Morgan fingerprint density at radius 3 is 3.11 bits per heavy atom. The van der Waals surface area contributed by atoms with Crippen LogP contribution < -0.4 is 5.32 Å². The van der Waals surface area contributed by atoms with Gasteiger partial charge in [-0.15, -0.1) is 0 Å². The van der Waals surface area contributed by atoms with Crippen molar-refractivity contribution in [3.63, 3.8) is 0 Å². The standard InChI is InChI=1S/C13H21NO4S/c1-19(15,16)10-9-17-8-6-14-12-3-2-4-13-11(12)5-7-18-13/h5,7,12,14H,2-4,6,8-10H2,1H3. The third-order valence-electron chi connectivity index (χ3n) is 3.29. The summed E-state index contributed by atoms with van der Waals surface area (Å²) in [7, 11) is -2.92. The first-order valence-electron chi connectivity index (χ1n) is 6.61. The van der Waals surface area contributed by atoms with Gasteiger partial charge in [0, 0.05) is 30.8 Å². The lowest BCUT2D eigenvalue weighted by Gasteiger charge is -2.22. The van der Waals surface area contributed by atoms with Crippen LogP contribution in [0.5, 0.6) is 0 Å². The molecule has 0 fully saturated rings. The number of aryl methyl sites for hydroxylation is 1. The number of nitrogens with one attached hydrogen (secondary N) is 1. The van der Waals surface area contributed by atoms with Gasteiger partial charge >= 0.3 is 0 Å². The van der Waals surface area contributed by atoms with Crippen LogP contribution in [0, 0.1) is 0 Å². The van der Waals surface area contributed by atoms with Crippen molar-refractivity contribution in [2.75, 3.05) is 31.8 Å². The second-order valence-corrected chi connectivity index (χ2v) is 7.20. The van der Waals surface area contributed by atoms with Crippen LogP contribution in [0.3, 0.4) is 0 Å². The van der Waals surface area contributed by atoms with Gasteiger partial charge in [0.05, 0.1) is 25.2 Å². The van der Waals surface area contributed by atoms with E-state index in [0.29, 0.717) is 12.6 Å². The zero-order valence-corrected chi connectivity index (χ0v) is 12.0. The van der Waals surface area contributed by atoms with E-state index in [1.54, 1.807) is 6.26 Å². The topological polar surface area (TPSA) is 68.5 Å². The maximum Gasteiger partial charge on any atom is 0.149 e. The van der Waals surface area contributed by atoms with Gasteiger partial charge in [-0.1, -0.05) is 0 Å². The monoisotopic (exact) mass is 287 g/mol. The molecular formula is C13H21NO4S. The van der Waals surface area contributed by atoms with E-state index in [2.05, 4.69) is 5.32 Å². The fourth-order valence-electron chi connectivity index (χ4n) is 2.32. The minimum Gasteiger partial charge on any atom is -0.469 e. The van der Waals surface area contributed by atoms with Crippen LogP contribution in [0.15, 0.2) is 16.7 Å². The van der Waals surface area contributed by atoms with Crippen LogP contribution in [0.1, 0.15) is 30.2 Å². The van der Waals surface area contributed by atoms with Gasteiger partial charge in [-0.3, -0.25) is 0 Å². The van der Waals surface area contributed by atoms with E-state index >= 15 is 0 Å². The number of furan rings is 1. The van der Waals surface area contributed by atoms with Crippen LogP contribution in [0.2, 0.25) is 0 Å². The molecule has 19 heavy (non-hydrogen) atoms. The van der Waals surface area contributed by atoms with Crippen molar-refractivity contribution in [1.29, 1.82) is 0 Å². The fraction of sp³-hybridized carbons (Fsp3) is 0.692. The van der Waals surface area contributed by atoms with Crippen molar-refractivity contribution in [2.45, 2.75) is 25.3 Å². The number of hydrogen-bond acceptors (Lipinski definition) is 5. The summed E-state index contributed by atoms with van der Waals surface area (Å²) in [6.07, 6.45) is 6.22. The lowest BCUT2D eigenvalue weighted by Crippen LogP contribution is -2.28. The Morgan fingerprint density at radius 2 is 2.32 bits per heavy atom. The molecule has 1 aliphatic rings. The van der Waals surface area contributed by atoms with E-state index in [1.807, 2.05) is 6.07 Å². The maximum atomic E-state index is 10.9. The summed E-state index contributed by atoms with van der Waals surface area (Å²) in [5.41, 5.74) is 1.25. The molecule has 0 aliphatic heterocycles. The SMILES string of the molecule is CS(=O)(=O)CCOCCNC1CCCc2occc21. The molecule has 1 aliphatic carbocycles. The smallest absolute Gasteiger partial charge is 0.149 e. The number of fused-ring (bicyclic) bond motifs is 1. The van der Waals surface area contributed by atoms with E-state index in [9.17, 15) is 8.42 Å². The molecule has 5 nitrogen and oxygen atoms in total. The minimum atomic E-state index is -2.92. The Morgan fingerprint density at radius 1 is 1.47 bits per heavy atom. The maximum absolute atomic E-state index is 10.9. The van der Waals surface area contributed by atoms with Crippen molar-refractivity contribution in [2.24, 2.45) is 0 Å². The Labute approximate surface area is 114 Å².